The molecule has 0 spiro atoms. The first-order valence-corrected chi connectivity index (χ1v) is 5.39. The van der Waals surface area contributed by atoms with Crippen molar-refractivity contribution in [2.24, 2.45) is 5.41 Å². The van der Waals surface area contributed by atoms with Gasteiger partial charge >= 0.3 is 0 Å². The summed E-state index contributed by atoms with van der Waals surface area (Å²) in [4.78, 5) is 0. The largest absolute Gasteiger partial charge is 0.380 e. The van der Waals surface area contributed by atoms with Crippen LogP contribution in [0.5, 0.6) is 0 Å². The van der Waals surface area contributed by atoms with Gasteiger partial charge in [0.1, 0.15) is 12.2 Å². The number of aryl methyl sites for hydroxylation is 1. The Labute approximate surface area is 89.8 Å². The first kappa shape index (κ1) is 10.6. The Morgan fingerprint density at radius 2 is 2.40 bits per heavy atom. The first-order valence-electron chi connectivity index (χ1n) is 5.39. The lowest BCUT2D eigenvalue weighted by atomic mass is 9.89. The van der Waals surface area contributed by atoms with E-state index < -0.39 is 0 Å². The molecule has 1 aromatic heterocycles. The van der Waals surface area contributed by atoms with Gasteiger partial charge < -0.3 is 14.6 Å². The molecule has 0 aromatic carbocycles. The second-order valence-corrected chi connectivity index (χ2v) is 4.44. The monoisotopic (exact) mass is 210 g/mol. The summed E-state index contributed by atoms with van der Waals surface area (Å²) in [7, 11) is 0. The van der Waals surface area contributed by atoms with Gasteiger partial charge in [0.2, 0.25) is 0 Å². The van der Waals surface area contributed by atoms with Gasteiger partial charge in [-0.25, -0.2) is 0 Å². The van der Waals surface area contributed by atoms with Crippen LogP contribution in [0, 0.1) is 5.41 Å². The van der Waals surface area contributed by atoms with Crippen LogP contribution in [0.25, 0.3) is 0 Å². The third-order valence-corrected chi connectivity index (χ3v) is 2.77. The predicted octanol–water partition coefficient (Wildman–Crippen LogP) is 0.424. The van der Waals surface area contributed by atoms with Crippen LogP contribution in [0.3, 0.4) is 0 Å². The van der Waals surface area contributed by atoms with Crippen LogP contribution in [0.4, 0.5) is 0 Å². The number of hydrogen-bond donors (Lipinski definition) is 1. The summed E-state index contributed by atoms with van der Waals surface area (Å²) in [5.74, 6) is 1.00. The molecular weight excluding hydrogens is 192 g/mol. The van der Waals surface area contributed by atoms with Crippen molar-refractivity contribution in [1.29, 1.82) is 0 Å². The molecule has 0 atom stereocenters. The summed E-state index contributed by atoms with van der Waals surface area (Å²) in [6.07, 6.45) is 1.77. The third kappa shape index (κ3) is 2.35. The fourth-order valence-corrected chi connectivity index (χ4v) is 1.71. The zero-order chi connectivity index (χ0) is 10.7. The quantitative estimate of drug-likeness (QED) is 0.765. The molecule has 2 heterocycles. The summed E-state index contributed by atoms with van der Waals surface area (Å²) in [5.41, 5.74) is 0.317. The molecule has 84 valence electrons. The fourth-order valence-electron chi connectivity index (χ4n) is 1.71. The number of hydrogen-bond acceptors (Lipinski definition) is 4. The van der Waals surface area contributed by atoms with Gasteiger partial charge in [0.15, 0.2) is 0 Å². The van der Waals surface area contributed by atoms with Crippen molar-refractivity contribution in [3.05, 3.63) is 12.2 Å². The first-order chi connectivity index (χ1) is 7.23. The number of rotatable bonds is 5. The van der Waals surface area contributed by atoms with Crippen molar-refractivity contribution in [3.63, 3.8) is 0 Å². The van der Waals surface area contributed by atoms with Gasteiger partial charge in [0, 0.05) is 18.5 Å². The Morgan fingerprint density at radius 3 is 3.00 bits per heavy atom. The van der Waals surface area contributed by atoms with Crippen molar-refractivity contribution >= 4 is 0 Å². The van der Waals surface area contributed by atoms with Crippen molar-refractivity contribution in [2.75, 3.05) is 19.8 Å². The molecule has 0 unspecified atom stereocenters. The zero-order valence-electron chi connectivity index (χ0n) is 9.36. The van der Waals surface area contributed by atoms with Crippen LogP contribution >= 0.6 is 0 Å². The lowest BCUT2D eigenvalue weighted by Crippen LogP contribution is -2.47. The minimum atomic E-state index is 0.317. The van der Waals surface area contributed by atoms with E-state index in [0.717, 1.165) is 38.7 Å². The molecule has 1 aliphatic rings. The van der Waals surface area contributed by atoms with E-state index in [1.165, 1.54) is 0 Å². The lowest BCUT2D eigenvalue weighted by molar-refractivity contribution is -0.0992. The lowest BCUT2D eigenvalue weighted by Gasteiger charge is -2.38. The maximum Gasteiger partial charge on any atom is 0.146 e. The van der Waals surface area contributed by atoms with Crippen LogP contribution in [-0.2, 0) is 17.8 Å². The van der Waals surface area contributed by atoms with E-state index in [2.05, 4.69) is 29.4 Å². The molecule has 0 aliphatic carbocycles. The molecule has 0 bridgehead atoms. The molecule has 0 saturated carbocycles. The fraction of sp³-hybridized carbons (Fsp3) is 0.800. The molecule has 1 saturated heterocycles. The molecule has 5 heteroatoms. The molecule has 5 nitrogen and oxygen atoms in total. The van der Waals surface area contributed by atoms with E-state index >= 15 is 0 Å². The van der Waals surface area contributed by atoms with Gasteiger partial charge in [-0.3, -0.25) is 0 Å². The Bertz CT molecular complexity index is 319. The minimum absolute atomic E-state index is 0.317. The standard InChI is InChI=1S/C10H18N4O/c1-3-14-8-12-13-9(14)4-11-5-10(2)6-15-7-10/h8,11H,3-7H2,1-2H3. The van der Waals surface area contributed by atoms with Crippen molar-refractivity contribution in [1.82, 2.24) is 20.1 Å². The Morgan fingerprint density at radius 1 is 1.60 bits per heavy atom. The Hall–Kier alpha value is -0.940. The molecule has 1 fully saturated rings. The van der Waals surface area contributed by atoms with Gasteiger partial charge in [-0.05, 0) is 6.92 Å². The second kappa shape index (κ2) is 4.28. The minimum Gasteiger partial charge on any atom is -0.380 e. The molecule has 15 heavy (non-hydrogen) atoms. The van der Waals surface area contributed by atoms with Crippen molar-refractivity contribution < 1.29 is 4.74 Å². The van der Waals surface area contributed by atoms with Gasteiger partial charge in [-0.1, -0.05) is 6.92 Å². The molecule has 1 aromatic rings. The number of nitrogens with zero attached hydrogens (tertiary/aromatic N) is 3. The highest BCUT2D eigenvalue weighted by molar-refractivity contribution is 4.87. The molecule has 1 N–H and O–H groups in total. The van der Waals surface area contributed by atoms with Gasteiger partial charge in [-0.2, -0.15) is 0 Å². The molecule has 0 amide bonds. The Balaban J connectivity index is 1.78. The van der Waals surface area contributed by atoms with E-state index in [1.54, 1.807) is 6.33 Å². The second-order valence-electron chi connectivity index (χ2n) is 4.44. The van der Waals surface area contributed by atoms with E-state index in [-0.39, 0.29) is 0 Å². The summed E-state index contributed by atoms with van der Waals surface area (Å²) < 4.78 is 7.25. The predicted molar refractivity (Wildman–Crippen MR) is 56.3 cm³/mol. The smallest absolute Gasteiger partial charge is 0.146 e. The normalized spacial score (nSPS) is 18.8. The van der Waals surface area contributed by atoms with Crippen LogP contribution in [0.1, 0.15) is 19.7 Å². The summed E-state index contributed by atoms with van der Waals surface area (Å²) in [5, 5.41) is 11.4. The summed E-state index contributed by atoms with van der Waals surface area (Å²) >= 11 is 0. The Kier molecular flexibility index (Phi) is 3.02. The molecule has 2 rings (SSSR count). The van der Waals surface area contributed by atoms with Gasteiger partial charge in [0.25, 0.3) is 0 Å². The van der Waals surface area contributed by atoms with E-state index in [0.29, 0.717) is 5.41 Å². The van der Waals surface area contributed by atoms with Crippen LogP contribution in [0.2, 0.25) is 0 Å². The average Bonchev–Trinajstić information content (AvgIpc) is 2.63. The van der Waals surface area contributed by atoms with Crippen molar-refractivity contribution in [3.8, 4) is 0 Å². The van der Waals surface area contributed by atoms with Crippen molar-refractivity contribution in [2.45, 2.75) is 26.9 Å². The molecule has 0 radical (unpaired) electrons. The van der Waals surface area contributed by atoms with E-state index in [1.807, 2.05) is 4.57 Å². The van der Waals surface area contributed by atoms with E-state index in [9.17, 15) is 0 Å². The highest BCUT2D eigenvalue weighted by Crippen LogP contribution is 2.25. The zero-order valence-corrected chi connectivity index (χ0v) is 9.36. The SMILES string of the molecule is CCn1cnnc1CNCC1(C)COC1. The van der Waals surface area contributed by atoms with Crippen LogP contribution < -0.4 is 5.32 Å². The molecule has 1 aliphatic heterocycles. The third-order valence-electron chi connectivity index (χ3n) is 2.77. The summed E-state index contributed by atoms with van der Waals surface area (Å²) in [6.45, 7) is 8.72. The van der Waals surface area contributed by atoms with Crippen LogP contribution in [-0.4, -0.2) is 34.5 Å². The topological polar surface area (TPSA) is 52.0 Å². The number of ether oxygens (including phenoxy) is 1. The highest BCUT2D eigenvalue weighted by atomic mass is 16.5. The maximum atomic E-state index is 5.20. The molecular formula is C10H18N4O. The highest BCUT2D eigenvalue weighted by Gasteiger charge is 2.32. The van der Waals surface area contributed by atoms with Gasteiger partial charge in [-0.15, -0.1) is 10.2 Å². The maximum absolute atomic E-state index is 5.20. The number of aromatic nitrogens is 3. The van der Waals surface area contributed by atoms with Gasteiger partial charge in [0.05, 0.1) is 19.8 Å². The average molecular weight is 210 g/mol. The van der Waals surface area contributed by atoms with E-state index in [4.69, 9.17) is 4.74 Å². The summed E-state index contributed by atoms with van der Waals surface area (Å²) in [6, 6.07) is 0. The van der Waals surface area contributed by atoms with Crippen LogP contribution in [0.15, 0.2) is 6.33 Å². The number of nitrogens with one attached hydrogen (secondary N) is 1.